The number of aromatic nitrogens is 2. The fourth-order valence-corrected chi connectivity index (χ4v) is 5.33. The van der Waals surface area contributed by atoms with Crippen molar-refractivity contribution < 1.29 is 18.4 Å². The van der Waals surface area contributed by atoms with Gasteiger partial charge in [0, 0.05) is 48.1 Å². The van der Waals surface area contributed by atoms with Crippen molar-refractivity contribution in [1.29, 1.82) is 0 Å². The number of benzene rings is 3. The summed E-state index contributed by atoms with van der Waals surface area (Å²) in [5.41, 5.74) is 4.48. The summed E-state index contributed by atoms with van der Waals surface area (Å²) in [5, 5.41) is 8.87. The van der Waals surface area contributed by atoms with Crippen LogP contribution in [0.5, 0.6) is 0 Å². The van der Waals surface area contributed by atoms with E-state index in [9.17, 15) is 9.59 Å². The predicted molar refractivity (Wildman–Crippen MR) is 173 cm³/mol. The van der Waals surface area contributed by atoms with Crippen molar-refractivity contribution in [3.8, 4) is 11.3 Å². The van der Waals surface area contributed by atoms with Crippen LogP contribution in [0, 0.1) is 25.5 Å². The Morgan fingerprint density at radius 2 is 1.78 bits per heavy atom. The van der Waals surface area contributed by atoms with Crippen molar-refractivity contribution in [2.45, 2.75) is 47.2 Å². The number of likely N-dealkylation sites (N-methyl/N-ethyl adjacent to an activating group) is 1. The number of hydrogen-bond donors (Lipinski definition) is 3. The van der Waals surface area contributed by atoms with E-state index in [1.54, 1.807) is 12.1 Å². The molecule has 0 saturated heterocycles. The third-order valence-corrected chi connectivity index (χ3v) is 7.57. The maximum atomic E-state index is 15.1. The minimum atomic E-state index is -0.909. The molecular weight excluding hydrogens is 576 g/mol. The Morgan fingerprint density at radius 3 is 2.47 bits per heavy atom. The smallest absolute Gasteiger partial charge is 0.328 e. The molecule has 3 amide bonds. The number of fused-ring (bicyclic) bond motifs is 1. The van der Waals surface area contributed by atoms with Gasteiger partial charge in [0.25, 0.3) is 5.91 Å². The van der Waals surface area contributed by atoms with E-state index in [-0.39, 0.29) is 30.3 Å². The Bertz CT molecular complexity index is 1720. The number of hydrogen-bond acceptors (Lipinski definition) is 6. The standard InChI is InChI=1S/C34H37F2N7O2/c1-6-42(24-10-7-9-21(4)17-24)16-15-37-33-40-29(25-18-23(14-13-22(25)5)32(44)39-20(2)3)26-19-38-34(45)43(31(26)41-33)30-27(35)11-8-12-28(30)36/h7-14,17-18,20H,6,15-16,19H2,1-5H3,(H,38,45)(H,39,44)(H,37,40,41). The van der Waals surface area contributed by atoms with Gasteiger partial charge in [-0.2, -0.15) is 4.98 Å². The van der Waals surface area contributed by atoms with E-state index in [1.165, 1.54) is 6.07 Å². The molecule has 11 heteroatoms. The molecule has 5 rings (SSSR count). The number of nitrogens with zero attached hydrogens (tertiary/aromatic N) is 4. The molecule has 45 heavy (non-hydrogen) atoms. The van der Waals surface area contributed by atoms with Gasteiger partial charge in [0.2, 0.25) is 5.95 Å². The van der Waals surface area contributed by atoms with Crippen molar-refractivity contribution in [3.05, 3.63) is 94.6 Å². The minimum absolute atomic E-state index is 0.0230. The number of aryl methyl sites for hydroxylation is 2. The van der Waals surface area contributed by atoms with Crippen LogP contribution >= 0.6 is 0 Å². The summed E-state index contributed by atoms with van der Waals surface area (Å²) in [5.74, 6) is -1.83. The zero-order valence-electron chi connectivity index (χ0n) is 26.0. The third kappa shape index (κ3) is 6.72. The first-order valence-corrected chi connectivity index (χ1v) is 15.0. The maximum absolute atomic E-state index is 15.1. The number of rotatable bonds is 10. The Balaban J connectivity index is 1.60. The fraction of sp³-hybridized carbons (Fsp3) is 0.294. The van der Waals surface area contributed by atoms with Crippen LogP contribution in [-0.2, 0) is 6.54 Å². The van der Waals surface area contributed by atoms with Gasteiger partial charge < -0.3 is 20.9 Å². The number of nitrogens with one attached hydrogen (secondary N) is 3. The van der Waals surface area contributed by atoms with Gasteiger partial charge in [-0.3, -0.25) is 4.79 Å². The molecule has 1 aromatic heterocycles. The first-order valence-electron chi connectivity index (χ1n) is 15.0. The molecule has 0 fully saturated rings. The van der Waals surface area contributed by atoms with Crippen molar-refractivity contribution in [1.82, 2.24) is 20.6 Å². The topological polar surface area (TPSA) is 102 Å². The van der Waals surface area contributed by atoms with Gasteiger partial charge in [0.15, 0.2) is 5.82 Å². The zero-order valence-corrected chi connectivity index (χ0v) is 26.0. The summed E-state index contributed by atoms with van der Waals surface area (Å²) < 4.78 is 30.2. The van der Waals surface area contributed by atoms with Crippen molar-refractivity contribution >= 4 is 35.1 Å². The highest BCUT2D eigenvalue weighted by Crippen LogP contribution is 2.39. The molecule has 9 nitrogen and oxygen atoms in total. The van der Waals surface area contributed by atoms with Gasteiger partial charge in [-0.05, 0) is 82.1 Å². The van der Waals surface area contributed by atoms with E-state index in [0.29, 0.717) is 35.5 Å². The average Bonchev–Trinajstić information content (AvgIpc) is 2.99. The van der Waals surface area contributed by atoms with Crippen LogP contribution in [-0.4, -0.2) is 47.6 Å². The highest BCUT2D eigenvalue weighted by atomic mass is 19.1. The first-order chi connectivity index (χ1) is 21.6. The Labute approximate surface area is 261 Å². The van der Waals surface area contributed by atoms with Gasteiger partial charge >= 0.3 is 6.03 Å². The molecule has 0 unspecified atom stereocenters. The molecule has 1 aliphatic heterocycles. The van der Waals surface area contributed by atoms with E-state index in [4.69, 9.17) is 4.98 Å². The largest absolute Gasteiger partial charge is 0.370 e. The summed E-state index contributed by atoms with van der Waals surface area (Å²) in [6.07, 6.45) is 0. The van der Waals surface area contributed by atoms with Crippen LogP contribution in [0.2, 0.25) is 0 Å². The zero-order chi connectivity index (χ0) is 32.2. The van der Waals surface area contributed by atoms with Gasteiger partial charge in [-0.1, -0.05) is 24.3 Å². The molecule has 0 bridgehead atoms. The molecule has 4 aromatic rings. The van der Waals surface area contributed by atoms with E-state index in [1.807, 2.05) is 45.9 Å². The quantitative estimate of drug-likeness (QED) is 0.189. The molecule has 0 saturated carbocycles. The third-order valence-electron chi connectivity index (χ3n) is 7.57. The number of halogens is 2. The number of para-hydroxylation sites is 1. The van der Waals surface area contributed by atoms with E-state index in [2.05, 4.69) is 44.9 Å². The number of carbonyl (C=O) groups is 2. The molecular formula is C34H37F2N7O2. The Morgan fingerprint density at radius 1 is 1.04 bits per heavy atom. The second-order valence-electron chi connectivity index (χ2n) is 11.3. The second kappa shape index (κ2) is 13.3. The molecule has 0 atom stereocenters. The van der Waals surface area contributed by atoms with Crippen LogP contribution in [0.3, 0.4) is 0 Å². The van der Waals surface area contributed by atoms with Gasteiger partial charge in [0.05, 0.1) is 12.2 Å². The number of carbonyl (C=O) groups excluding carboxylic acids is 2. The monoisotopic (exact) mass is 613 g/mol. The number of amides is 3. The summed E-state index contributed by atoms with van der Waals surface area (Å²) >= 11 is 0. The maximum Gasteiger partial charge on any atom is 0.328 e. The number of urea groups is 1. The van der Waals surface area contributed by atoms with E-state index in [0.717, 1.165) is 40.4 Å². The summed E-state index contributed by atoms with van der Waals surface area (Å²) in [6.45, 7) is 11.6. The highest BCUT2D eigenvalue weighted by Gasteiger charge is 2.34. The van der Waals surface area contributed by atoms with E-state index >= 15 is 8.78 Å². The summed E-state index contributed by atoms with van der Waals surface area (Å²) in [7, 11) is 0. The van der Waals surface area contributed by atoms with Crippen LogP contribution in [0.25, 0.3) is 11.3 Å². The van der Waals surface area contributed by atoms with Crippen LogP contribution < -0.4 is 25.8 Å². The fourth-order valence-electron chi connectivity index (χ4n) is 5.33. The molecule has 2 heterocycles. The average molecular weight is 614 g/mol. The minimum Gasteiger partial charge on any atom is -0.370 e. The first kappa shape index (κ1) is 31.4. The second-order valence-corrected chi connectivity index (χ2v) is 11.3. The SMILES string of the molecule is CCN(CCNc1nc(-c2cc(C(=O)NC(C)C)ccc2C)c2c(n1)N(c1c(F)cccc1F)C(=O)NC2)c1cccc(C)c1. The lowest BCUT2D eigenvalue weighted by Crippen LogP contribution is -2.43. The molecule has 3 N–H and O–H groups in total. The Kier molecular flexibility index (Phi) is 9.26. The van der Waals surface area contributed by atoms with Crippen LogP contribution in [0.1, 0.15) is 47.8 Å². The van der Waals surface area contributed by atoms with Crippen LogP contribution in [0.15, 0.2) is 60.7 Å². The van der Waals surface area contributed by atoms with Gasteiger partial charge in [0.1, 0.15) is 17.3 Å². The lowest BCUT2D eigenvalue weighted by atomic mass is 9.97. The molecule has 3 aromatic carbocycles. The van der Waals surface area contributed by atoms with E-state index < -0.39 is 23.4 Å². The summed E-state index contributed by atoms with van der Waals surface area (Å²) in [4.78, 5) is 38.7. The molecule has 1 aliphatic rings. The Hall–Kier alpha value is -5.06. The van der Waals surface area contributed by atoms with Gasteiger partial charge in [-0.15, -0.1) is 0 Å². The van der Waals surface area contributed by atoms with Crippen molar-refractivity contribution in [2.24, 2.45) is 0 Å². The predicted octanol–water partition coefficient (Wildman–Crippen LogP) is 6.48. The van der Waals surface area contributed by atoms with Crippen molar-refractivity contribution in [2.75, 3.05) is 34.8 Å². The molecule has 234 valence electrons. The highest BCUT2D eigenvalue weighted by molar-refractivity contribution is 6.02. The van der Waals surface area contributed by atoms with Crippen LogP contribution in [0.4, 0.5) is 36.7 Å². The normalized spacial score (nSPS) is 12.5. The van der Waals surface area contributed by atoms with Gasteiger partial charge in [-0.25, -0.2) is 23.5 Å². The summed E-state index contributed by atoms with van der Waals surface area (Å²) in [6, 6.07) is 16.1. The number of anilines is 4. The molecule has 0 radical (unpaired) electrons. The lowest BCUT2D eigenvalue weighted by molar-refractivity contribution is 0.0943. The van der Waals surface area contributed by atoms with Crippen molar-refractivity contribution in [3.63, 3.8) is 0 Å². The molecule has 0 aliphatic carbocycles. The molecule has 0 spiro atoms. The lowest BCUT2D eigenvalue weighted by Gasteiger charge is -2.31.